The number of aliphatic hydroxyl groups excluding tert-OH is 1. The van der Waals surface area contributed by atoms with E-state index in [4.69, 9.17) is 16.9 Å². The summed E-state index contributed by atoms with van der Waals surface area (Å²) >= 11 is 6.41. The fraction of sp³-hybridized carbons (Fsp3) is 0.625. The Kier molecular flexibility index (Phi) is 2.96. The van der Waals surface area contributed by atoms with Crippen LogP contribution in [0.3, 0.4) is 0 Å². The van der Waals surface area contributed by atoms with E-state index in [-0.39, 0.29) is 17.4 Å². The molecule has 0 aromatic carbocycles. The number of halogens is 1. The average Bonchev–Trinajstić information content (AvgIpc) is 3.10. The van der Waals surface area contributed by atoms with Gasteiger partial charge in [0, 0.05) is 17.8 Å². The Balaban J connectivity index is 1.72. The third-order valence-corrected chi connectivity index (χ3v) is 6.25. The van der Waals surface area contributed by atoms with Crippen molar-refractivity contribution >= 4 is 17.5 Å². The summed E-state index contributed by atoms with van der Waals surface area (Å²) in [6.45, 7) is 2.56. The van der Waals surface area contributed by atoms with Gasteiger partial charge in [0.15, 0.2) is 6.35 Å². The van der Waals surface area contributed by atoms with Crippen LogP contribution in [-0.4, -0.2) is 39.8 Å². The second-order valence-electron chi connectivity index (χ2n) is 6.78. The molecular weight excluding hydrogens is 302 g/mol. The SMILES string of the molecule is CC1=C(C#N)CCC(N2C(=O)[C@H]3N(CCC34CC4)C2O)=C1Cl. The summed E-state index contributed by atoms with van der Waals surface area (Å²) in [7, 11) is 0. The molecule has 6 heteroatoms. The minimum Gasteiger partial charge on any atom is -0.360 e. The fourth-order valence-electron chi connectivity index (χ4n) is 4.23. The molecule has 4 aliphatic rings. The molecule has 0 aromatic heterocycles. The van der Waals surface area contributed by atoms with E-state index in [0.29, 0.717) is 29.1 Å². The highest BCUT2D eigenvalue weighted by molar-refractivity contribution is 6.32. The summed E-state index contributed by atoms with van der Waals surface area (Å²) in [6, 6.07) is 1.97. The Labute approximate surface area is 134 Å². The van der Waals surface area contributed by atoms with Gasteiger partial charge in [-0.25, -0.2) is 4.90 Å². The summed E-state index contributed by atoms with van der Waals surface area (Å²) in [5, 5.41) is 20.2. The third-order valence-electron chi connectivity index (χ3n) is 5.74. The molecule has 4 rings (SSSR count). The molecule has 1 saturated carbocycles. The Morgan fingerprint density at radius 1 is 1.36 bits per heavy atom. The molecule has 3 fully saturated rings. The first-order valence-corrected chi connectivity index (χ1v) is 8.14. The predicted octanol–water partition coefficient (Wildman–Crippen LogP) is 2.04. The van der Waals surface area contributed by atoms with Gasteiger partial charge in [-0.2, -0.15) is 5.26 Å². The van der Waals surface area contributed by atoms with E-state index in [1.807, 2.05) is 4.90 Å². The number of carbonyl (C=O) groups is 1. The number of aliphatic hydroxyl groups is 1. The monoisotopic (exact) mass is 319 g/mol. The molecule has 1 amide bonds. The Bertz CT molecular complexity index is 671. The second-order valence-corrected chi connectivity index (χ2v) is 7.16. The van der Waals surface area contributed by atoms with Gasteiger partial charge in [0.2, 0.25) is 5.91 Å². The van der Waals surface area contributed by atoms with E-state index >= 15 is 0 Å². The molecular formula is C16H18ClN3O2. The van der Waals surface area contributed by atoms with Gasteiger partial charge < -0.3 is 5.11 Å². The van der Waals surface area contributed by atoms with E-state index in [1.54, 1.807) is 6.92 Å². The van der Waals surface area contributed by atoms with E-state index in [2.05, 4.69) is 6.07 Å². The largest absolute Gasteiger partial charge is 0.360 e. The fourth-order valence-corrected chi connectivity index (χ4v) is 4.53. The molecule has 1 spiro atoms. The minimum atomic E-state index is -0.919. The van der Waals surface area contributed by atoms with Gasteiger partial charge in [0.1, 0.15) is 0 Å². The molecule has 2 aliphatic heterocycles. The van der Waals surface area contributed by atoms with Crippen LogP contribution in [0.15, 0.2) is 21.9 Å². The van der Waals surface area contributed by atoms with Crippen LogP contribution < -0.4 is 0 Å². The number of hydrogen-bond acceptors (Lipinski definition) is 4. The molecule has 1 N–H and O–H groups in total. The summed E-state index contributed by atoms with van der Waals surface area (Å²) < 4.78 is 0. The van der Waals surface area contributed by atoms with Crippen molar-refractivity contribution in [3.63, 3.8) is 0 Å². The zero-order valence-electron chi connectivity index (χ0n) is 12.5. The topological polar surface area (TPSA) is 67.6 Å². The Morgan fingerprint density at radius 2 is 2.09 bits per heavy atom. The van der Waals surface area contributed by atoms with Crippen LogP contribution in [0, 0.1) is 16.7 Å². The van der Waals surface area contributed by atoms with Crippen molar-refractivity contribution in [1.29, 1.82) is 5.26 Å². The van der Waals surface area contributed by atoms with Gasteiger partial charge in [0.05, 0.1) is 17.1 Å². The number of nitrogens with zero attached hydrogens (tertiary/aromatic N) is 3. The molecule has 22 heavy (non-hydrogen) atoms. The van der Waals surface area contributed by atoms with Gasteiger partial charge in [-0.3, -0.25) is 9.69 Å². The lowest BCUT2D eigenvalue weighted by atomic mass is 9.94. The van der Waals surface area contributed by atoms with Crippen LogP contribution in [0.4, 0.5) is 0 Å². The molecule has 2 heterocycles. The minimum absolute atomic E-state index is 0.0242. The molecule has 0 radical (unpaired) electrons. The highest BCUT2D eigenvalue weighted by Crippen LogP contribution is 2.60. The van der Waals surface area contributed by atoms with Crippen molar-refractivity contribution in [1.82, 2.24) is 9.80 Å². The smallest absolute Gasteiger partial charge is 0.248 e. The summed E-state index contributed by atoms with van der Waals surface area (Å²) in [5.74, 6) is -0.0242. The molecule has 1 unspecified atom stereocenters. The van der Waals surface area contributed by atoms with Crippen molar-refractivity contribution in [2.45, 2.75) is 51.4 Å². The maximum Gasteiger partial charge on any atom is 0.248 e. The highest BCUT2D eigenvalue weighted by atomic mass is 35.5. The molecule has 5 nitrogen and oxygen atoms in total. The normalized spacial score (nSPS) is 33.7. The number of carbonyl (C=O) groups excluding carboxylic acids is 1. The Morgan fingerprint density at radius 3 is 2.73 bits per heavy atom. The number of amides is 1. The summed E-state index contributed by atoms with van der Waals surface area (Å²) in [5.41, 5.74) is 2.14. The molecule has 2 aliphatic carbocycles. The quantitative estimate of drug-likeness (QED) is 0.803. The second kappa shape index (κ2) is 4.58. The van der Waals surface area contributed by atoms with Crippen LogP contribution in [0.2, 0.25) is 0 Å². The van der Waals surface area contributed by atoms with Gasteiger partial charge in [0.25, 0.3) is 0 Å². The first-order valence-electron chi connectivity index (χ1n) is 7.76. The number of nitriles is 1. The van der Waals surface area contributed by atoms with Crippen molar-refractivity contribution in [3.8, 4) is 6.07 Å². The Hall–Kier alpha value is -1.35. The number of hydrogen-bond donors (Lipinski definition) is 1. The number of fused-ring (bicyclic) bond motifs is 2. The number of rotatable bonds is 1. The highest BCUT2D eigenvalue weighted by Gasteiger charge is 2.65. The molecule has 116 valence electrons. The molecule has 2 saturated heterocycles. The summed E-state index contributed by atoms with van der Waals surface area (Å²) in [6.07, 6.45) is 3.32. The number of allylic oxidation sites excluding steroid dienone is 4. The first kappa shape index (κ1) is 14.3. The zero-order valence-corrected chi connectivity index (χ0v) is 13.2. The van der Waals surface area contributed by atoms with Crippen LogP contribution in [0.25, 0.3) is 0 Å². The van der Waals surface area contributed by atoms with Crippen molar-refractivity contribution in [3.05, 3.63) is 21.9 Å². The van der Waals surface area contributed by atoms with E-state index < -0.39 is 6.35 Å². The lowest BCUT2D eigenvalue weighted by molar-refractivity contribution is -0.133. The van der Waals surface area contributed by atoms with E-state index in [9.17, 15) is 9.90 Å². The predicted molar refractivity (Wildman–Crippen MR) is 80.1 cm³/mol. The molecule has 0 aromatic rings. The van der Waals surface area contributed by atoms with Crippen LogP contribution in [0.1, 0.15) is 39.0 Å². The van der Waals surface area contributed by atoms with Gasteiger partial charge in [-0.15, -0.1) is 0 Å². The third kappa shape index (κ3) is 1.69. The van der Waals surface area contributed by atoms with Crippen LogP contribution in [-0.2, 0) is 4.79 Å². The zero-order chi connectivity index (χ0) is 15.6. The van der Waals surface area contributed by atoms with Gasteiger partial charge >= 0.3 is 0 Å². The van der Waals surface area contributed by atoms with Crippen molar-refractivity contribution in [2.24, 2.45) is 5.41 Å². The maximum atomic E-state index is 12.9. The van der Waals surface area contributed by atoms with E-state index in [0.717, 1.165) is 31.4 Å². The first-order chi connectivity index (χ1) is 10.5. The van der Waals surface area contributed by atoms with E-state index in [1.165, 1.54) is 4.90 Å². The van der Waals surface area contributed by atoms with Crippen molar-refractivity contribution in [2.75, 3.05) is 6.54 Å². The lowest BCUT2D eigenvalue weighted by Gasteiger charge is -2.29. The van der Waals surface area contributed by atoms with Crippen LogP contribution >= 0.6 is 11.6 Å². The molecule has 0 bridgehead atoms. The standard InChI is InChI=1S/C16H18ClN3O2/c1-9-10(8-18)2-3-11(12(9)17)20-14(21)13-16(4-5-16)6-7-19(13)15(20)22/h13,15,22H,2-7H2,1H3/t13-,15?/m1/s1. The average molecular weight is 320 g/mol. The van der Waals surface area contributed by atoms with Gasteiger partial charge in [-0.1, -0.05) is 11.6 Å². The maximum absolute atomic E-state index is 12.9. The van der Waals surface area contributed by atoms with Crippen LogP contribution in [0.5, 0.6) is 0 Å². The summed E-state index contributed by atoms with van der Waals surface area (Å²) in [4.78, 5) is 16.3. The molecule has 2 atom stereocenters. The van der Waals surface area contributed by atoms with Crippen molar-refractivity contribution < 1.29 is 9.90 Å². The lowest BCUT2D eigenvalue weighted by Crippen LogP contribution is -2.39. The van der Waals surface area contributed by atoms with Gasteiger partial charge in [-0.05, 0) is 50.0 Å².